The molecule has 1 atom stereocenters. The maximum absolute atomic E-state index is 5.85. The molecule has 3 nitrogen and oxygen atoms in total. The van der Waals surface area contributed by atoms with Crippen molar-refractivity contribution in [3.63, 3.8) is 0 Å². The first-order valence-electron chi connectivity index (χ1n) is 6.77. The van der Waals surface area contributed by atoms with Crippen molar-refractivity contribution in [2.75, 3.05) is 26.9 Å². The van der Waals surface area contributed by atoms with Gasteiger partial charge in [-0.2, -0.15) is 0 Å². The number of ether oxygens (including phenoxy) is 2. The van der Waals surface area contributed by atoms with Gasteiger partial charge in [-0.05, 0) is 19.0 Å². The molecule has 0 aliphatic rings. The van der Waals surface area contributed by atoms with Crippen molar-refractivity contribution in [2.24, 2.45) is 0 Å². The van der Waals surface area contributed by atoms with Crippen LogP contribution in [-0.4, -0.2) is 26.9 Å². The second kappa shape index (κ2) is 8.95. The van der Waals surface area contributed by atoms with Crippen LogP contribution in [0.3, 0.4) is 0 Å². The van der Waals surface area contributed by atoms with Crippen LogP contribution in [0.4, 0.5) is 0 Å². The van der Waals surface area contributed by atoms with Gasteiger partial charge in [0, 0.05) is 31.7 Å². The van der Waals surface area contributed by atoms with Crippen molar-refractivity contribution in [2.45, 2.75) is 32.7 Å². The molecule has 0 saturated heterocycles. The van der Waals surface area contributed by atoms with Crippen LogP contribution >= 0.6 is 0 Å². The van der Waals surface area contributed by atoms with Gasteiger partial charge in [0.1, 0.15) is 5.75 Å². The minimum atomic E-state index is 0.369. The Morgan fingerprint density at radius 2 is 1.94 bits per heavy atom. The van der Waals surface area contributed by atoms with Crippen LogP contribution in [0.25, 0.3) is 0 Å². The van der Waals surface area contributed by atoms with Gasteiger partial charge in [-0.15, -0.1) is 0 Å². The summed E-state index contributed by atoms with van der Waals surface area (Å²) in [5.74, 6) is 0.987. The monoisotopic (exact) mass is 251 g/mol. The molecule has 0 aromatic heterocycles. The molecule has 0 heterocycles. The third kappa shape index (κ3) is 4.67. The highest BCUT2D eigenvalue weighted by Crippen LogP contribution is 2.27. The van der Waals surface area contributed by atoms with Crippen molar-refractivity contribution in [1.82, 2.24) is 5.32 Å². The molecule has 102 valence electrons. The maximum atomic E-state index is 5.85. The summed E-state index contributed by atoms with van der Waals surface area (Å²) in [6, 6.07) is 8.64. The maximum Gasteiger partial charge on any atom is 0.124 e. The molecule has 18 heavy (non-hydrogen) atoms. The Bertz CT molecular complexity index is 328. The standard InChI is InChI=1S/C15H25NO2/c1-4-14(16-5-2)13-9-6-7-10-15(13)18-12-8-11-17-3/h6-7,9-10,14,16H,4-5,8,11-12H2,1-3H3. The smallest absolute Gasteiger partial charge is 0.124 e. The zero-order valence-corrected chi connectivity index (χ0v) is 11.7. The predicted octanol–water partition coefficient (Wildman–Crippen LogP) is 3.16. The van der Waals surface area contributed by atoms with E-state index in [9.17, 15) is 0 Å². The van der Waals surface area contributed by atoms with E-state index in [1.54, 1.807) is 7.11 Å². The van der Waals surface area contributed by atoms with E-state index in [0.29, 0.717) is 12.6 Å². The van der Waals surface area contributed by atoms with Crippen LogP contribution in [0.5, 0.6) is 5.75 Å². The summed E-state index contributed by atoms with van der Waals surface area (Å²) in [4.78, 5) is 0. The first-order valence-corrected chi connectivity index (χ1v) is 6.77. The second-order valence-electron chi connectivity index (χ2n) is 4.25. The molecule has 0 fully saturated rings. The molecule has 0 saturated carbocycles. The molecule has 1 rings (SSSR count). The Morgan fingerprint density at radius 3 is 2.61 bits per heavy atom. The van der Waals surface area contributed by atoms with Gasteiger partial charge < -0.3 is 14.8 Å². The minimum Gasteiger partial charge on any atom is -0.493 e. The zero-order chi connectivity index (χ0) is 13.2. The van der Waals surface area contributed by atoms with Crippen LogP contribution in [0.15, 0.2) is 24.3 Å². The fraction of sp³-hybridized carbons (Fsp3) is 0.600. The molecule has 1 aromatic rings. The Balaban J connectivity index is 2.65. The summed E-state index contributed by atoms with van der Waals surface area (Å²) in [5, 5.41) is 3.49. The molecule has 1 aromatic carbocycles. The summed E-state index contributed by atoms with van der Waals surface area (Å²) < 4.78 is 10.9. The lowest BCUT2D eigenvalue weighted by atomic mass is 10.0. The molecule has 3 heteroatoms. The average Bonchev–Trinajstić information content (AvgIpc) is 2.42. The molecular weight excluding hydrogens is 226 g/mol. The lowest BCUT2D eigenvalue weighted by molar-refractivity contribution is 0.171. The number of hydrogen-bond donors (Lipinski definition) is 1. The van der Waals surface area contributed by atoms with Gasteiger partial charge >= 0.3 is 0 Å². The molecule has 0 aliphatic heterocycles. The lowest BCUT2D eigenvalue weighted by Crippen LogP contribution is -2.21. The zero-order valence-electron chi connectivity index (χ0n) is 11.7. The van der Waals surface area contributed by atoms with Crippen LogP contribution in [0.1, 0.15) is 38.3 Å². The van der Waals surface area contributed by atoms with E-state index in [2.05, 4.69) is 31.3 Å². The first kappa shape index (κ1) is 15.0. The fourth-order valence-corrected chi connectivity index (χ4v) is 2.01. The van der Waals surface area contributed by atoms with E-state index in [-0.39, 0.29) is 0 Å². The van der Waals surface area contributed by atoms with Crippen molar-refractivity contribution >= 4 is 0 Å². The van der Waals surface area contributed by atoms with Gasteiger partial charge in [-0.25, -0.2) is 0 Å². The number of methoxy groups -OCH3 is 1. The molecule has 0 aliphatic carbocycles. The predicted molar refractivity (Wildman–Crippen MR) is 75.1 cm³/mol. The van der Waals surface area contributed by atoms with Gasteiger partial charge in [0.15, 0.2) is 0 Å². The third-order valence-electron chi connectivity index (χ3n) is 2.90. The van der Waals surface area contributed by atoms with Crippen molar-refractivity contribution in [3.05, 3.63) is 29.8 Å². The van der Waals surface area contributed by atoms with E-state index >= 15 is 0 Å². The van der Waals surface area contributed by atoms with Gasteiger partial charge in [0.05, 0.1) is 6.61 Å². The van der Waals surface area contributed by atoms with E-state index in [0.717, 1.165) is 31.7 Å². The van der Waals surface area contributed by atoms with Gasteiger partial charge in [-0.3, -0.25) is 0 Å². The Morgan fingerprint density at radius 1 is 1.17 bits per heavy atom. The largest absolute Gasteiger partial charge is 0.493 e. The SMILES string of the molecule is CCNC(CC)c1ccccc1OCCCOC. The van der Waals surface area contributed by atoms with Gasteiger partial charge in [0.2, 0.25) is 0 Å². The summed E-state index contributed by atoms with van der Waals surface area (Å²) in [5.41, 5.74) is 1.25. The Labute approximate surface area is 110 Å². The third-order valence-corrected chi connectivity index (χ3v) is 2.90. The highest BCUT2D eigenvalue weighted by molar-refractivity contribution is 5.35. The molecule has 1 unspecified atom stereocenters. The van der Waals surface area contributed by atoms with E-state index in [1.165, 1.54) is 5.56 Å². The highest BCUT2D eigenvalue weighted by Gasteiger charge is 2.12. The van der Waals surface area contributed by atoms with Gasteiger partial charge in [0.25, 0.3) is 0 Å². The van der Waals surface area contributed by atoms with Crippen molar-refractivity contribution in [3.8, 4) is 5.75 Å². The number of hydrogen-bond acceptors (Lipinski definition) is 3. The number of benzene rings is 1. The fourth-order valence-electron chi connectivity index (χ4n) is 2.01. The molecular formula is C15H25NO2. The van der Waals surface area contributed by atoms with Crippen molar-refractivity contribution < 1.29 is 9.47 Å². The molecule has 0 bridgehead atoms. The van der Waals surface area contributed by atoms with E-state index in [1.807, 2.05) is 12.1 Å². The summed E-state index contributed by atoms with van der Waals surface area (Å²) in [6.45, 7) is 6.73. The quantitative estimate of drug-likeness (QED) is 0.684. The summed E-state index contributed by atoms with van der Waals surface area (Å²) in [7, 11) is 1.71. The number of nitrogens with one attached hydrogen (secondary N) is 1. The van der Waals surface area contributed by atoms with Crippen LogP contribution in [0.2, 0.25) is 0 Å². The van der Waals surface area contributed by atoms with Crippen molar-refractivity contribution in [1.29, 1.82) is 0 Å². The van der Waals surface area contributed by atoms with E-state index < -0.39 is 0 Å². The number of rotatable bonds is 9. The topological polar surface area (TPSA) is 30.5 Å². The van der Waals surface area contributed by atoms with Crippen LogP contribution in [0, 0.1) is 0 Å². The summed E-state index contributed by atoms with van der Waals surface area (Å²) >= 11 is 0. The molecule has 1 N–H and O–H groups in total. The van der Waals surface area contributed by atoms with Crippen LogP contribution in [-0.2, 0) is 4.74 Å². The highest BCUT2D eigenvalue weighted by atomic mass is 16.5. The van der Waals surface area contributed by atoms with Crippen LogP contribution < -0.4 is 10.1 Å². The molecule has 0 amide bonds. The lowest BCUT2D eigenvalue weighted by Gasteiger charge is -2.20. The molecule has 0 spiro atoms. The van der Waals surface area contributed by atoms with Gasteiger partial charge in [-0.1, -0.05) is 32.0 Å². The Kier molecular flexibility index (Phi) is 7.46. The first-order chi connectivity index (χ1) is 8.83. The second-order valence-corrected chi connectivity index (χ2v) is 4.25. The molecule has 0 radical (unpaired) electrons. The van der Waals surface area contributed by atoms with E-state index in [4.69, 9.17) is 9.47 Å². The normalized spacial score (nSPS) is 12.4. The summed E-state index contributed by atoms with van der Waals surface area (Å²) in [6.07, 6.45) is 1.98. The average molecular weight is 251 g/mol. The minimum absolute atomic E-state index is 0.369. The Hall–Kier alpha value is -1.06. The number of para-hydroxylation sites is 1.